The summed E-state index contributed by atoms with van der Waals surface area (Å²) in [6, 6.07) is 3.79. The lowest BCUT2D eigenvalue weighted by atomic mass is 9.62. The van der Waals surface area contributed by atoms with E-state index in [9.17, 15) is 32.3 Å². The number of rotatable bonds is 5. The summed E-state index contributed by atoms with van der Waals surface area (Å²) in [6.07, 6.45) is -3.64. The minimum absolute atomic E-state index is 0.00966. The maximum atomic E-state index is 14.5. The number of carboxylic acid groups (broad SMARTS) is 1. The molecule has 0 saturated heterocycles. The van der Waals surface area contributed by atoms with Gasteiger partial charge in [-0.15, -0.1) is 0 Å². The fourth-order valence-corrected chi connectivity index (χ4v) is 5.66. The van der Waals surface area contributed by atoms with E-state index in [0.717, 1.165) is 22.1 Å². The van der Waals surface area contributed by atoms with Gasteiger partial charge in [-0.2, -0.15) is 18.3 Å². The number of aromatic nitrogens is 2. The average Bonchev–Trinajstić information content (AvgIpc) is 3.19. The van der Waals surface area contributed by atoms with Crippen LogP contribution in [0.2, 0.25) is 5.02 Å². The first-order valence-electron chi connectivity index (χ1n) is 11.7. The van der Waals surface area contributed by atoms with Crippen LogP contribution in [0, 0.1) is 11.2 Å². The van der Waals surface area contributed by atoms with Gasteiger partial charge in [0.2, 0.25) is 0 Å². The molecule has 2 aromatic rings. The molecule has 1 unspecified atom stereocenters. The van der Waals surface area contributed by atoms with Crippen molar-refractivity contribution in [2.75, 3.05) is 13.2 Å². The molecule has 0 spiro atoms. The fraction of sp³-hybridized carbons (Fsp3) is 0.542. The second-order valence-electron chi connectivity index (χ2n) is 9.25. The van der Waals surface area contributed by atoms with Crippen molar-refractivity contribution in [2.24, 2.45) is 5.41 Å². The molecule has 1 fully saturated rings. The second-order valence-corrected chi connectivity index (χ2v) is 9.69. The normalized spacial score (nSPS) is 19.6. The van der Waals surface area contributed by atoms with Crippen molar-refractivity contribution in [2.45, 2.75) is 64.2 Å². The van der Waals surface area contributed by atoms with E-state index in [2.05, 4.69) is 5.10 Å². The SMILES string of the molecule is CCOC(=O)C1(C2CN(C(=O)O)Cc3c2c(C(F)(F)F)nn3Cc2ccc(Cl)cc2F)CCCCC1. The third kappa shape index (κ3) is 4.77. The van der Waals surface area contributed by atoms with Crippen molar-refractivity contribution < 1.29 is 37.0 Å². The third-order valence-corrected chi connectivity index (χ3v) is 7.39. The Kier molecular flexibility index (Phi) is 7.23. The van der Waals surface area contributed by atoms with Gasteiger partial charge in [-0.05, 0) is 31.9 Å². The number of fused-ring (bicyclic) bond motifs is 1. The van der Waals surface area contributed by atoms with Crippen molar-refractivity contribution >= 4 is 23.7 Å². The van der Waals surface area contributed by atoms with Crippen molar-refractivity contribution in [1.82, 2.24) is 14.7 Å². The van der Waals surface area contributed by atoms with Crippen LogP contribution in [0.4, 0.5) is 22.4 Å². The van der Waals surface area contributed by atoms with Crippen LogP contribution in [0.15, 0.2) is 18.2 Å². The number of hydrogen-bond donors (Lipinski definition) is 1. The molecule has 1 atom stereocenters. The molecular formula is C24H26ClF4N3O4. The predicted molar refractivity (Wildman–Crippen MR) is 121 cm³/mol. The lowest BCUT2D eigenvalue weighted by Crippen LogP contribution is -2.49. The van der Waals surface area contributed by atoms with E-state index in [1.54, 1.807) is 6.92 Å². The average molecular weight is 532 g/mol. The van der Waals surface area contributed by atoms with Crippen molar-refractivity contribution in [3.8, 4) is 0 Å². The van der Waals surface area contributed by atoms with Gasteiger partial charge in [0.25, 0.3) is 0 Å². The van der Waals surface area contributed by atoms with Crippen molar-refractivity contribution in [3.05, 3.63) is 51.6 Å². The molecular weight excluding hydrogens is 506 g/mol. The molecule has 0 bridgehead atoms. The van der Waals surface area contributed by atoms with E-state index in [1.807, 2.05) is 0 Å². The number of halogens is 5. The Hall–Kier alpha value is -2.82. The first kappa shape index (κ1) is 26.2. The van der Waals surface area contributed by atoms with E-state index < -0.39 is 41.1 Å². The highest BCUT2D eigenvalue weighted by Crippen LogP contribution is 2.53. The van der Waals surface area contributed by atoms with E-state index in [1.165, 1.54) is 12.1 Å². The number of carbonyl (C=O) groups excluding carboxylic acids is 1. The van der Waals surface area contributed by atoms with Gasteiger partial charge in [-0.3, -0.25) is 9.48 Å². The van der Waals surface area contributed by atoms with Crippen LogP contribution < -0.4 is 0 Å². The molecule has 7 nitrogen and oxygen atoms in total. The Morgan fingerprint density at radius 3 is 2.53 bits per heavy atom. The summed E-state index contributed by atoms with van der Waals surface area (Å²) < 4.78 is 63.8. The van der Waals surface area contributed by atoms with E-state index in [-0.39, 0.29) is 60.9 Å². The zero-order valence-corrected chi connectivity index (χ0v) is 20.3. The van der Waals surface area contributed by atoms with Gasteiger partial charge in [0.1, 0.15) is 5.82 Å². The highest BCUT2D eigenvalue weighted by Gasteiger charge is 2.55. The lowest BCUT2D eigenvalue weighted by molar-refractivity contribution is -0.161. The van der Waals surface area contributed by atoms with Crippen LogP contribution in [-0.2, 0) is 28.8 Å². The van der Waals surface area contributed by atoms with Crippen LogP contribution in [0.5, 0.6) is 0 Å². The van der Waals surface area contributed by atoms with E-state index in [4.69, 9.17) is 16.3 Å². The number of nitrogens with zero attached hydrogens (tertiary/aromatic N) is 3. The molecule has 0 radical (unpaired) electrons. The Bertz CT molecular complexity index is 1160. The fourth-order valence-electron chi connectivity index (χ4n) is 5.50. The summed E-state index contributed by atoms with van der Waals surface area (Å²) in [5, 5.41) is 13.8. The number of hydrogen-bond acceptors (Lipinski definition) is 4. The number of ether oxygens (including phenoxy) is 1. The van der Waals surface area contributed by atoms with Gasteiger partial charge >= 0.3 is 18.2 Å². The van der Waals surface area contributed by atoms with Crippen LogP contribution >= 0.6 is 11.6 Å². The molecule has 1 N–H and O–H groups in total. The molecule has 2 heterocycles. The van der Waals surface area contributed by atoms with Crippen molar-refractivity contribution in [3.63, 3.8) is 0 Å². The Labute approximate surface area is 210 Å². The molecule has 1 saturated carbocycles. The van der Waals surface area contributed by atoms with E-state index in [0.29, 0.717) is 12.8 Å². The smallest absolute Gasteiger partial charge is 0.435 e. The molecule has 196 valence electrons. The molecule has 1 aliphatic heterocycles. The van der Waals surface area contributed by atoms with Gasteiger partial charge < -0.3 is 14.7 Å². The van der Waals surface area contributed by atoms with E-state index >= 15 is 0 Å². The lowest BCUT2D eigenvalue weighted by Gasteiger charge is -2.45. The summed E-state index contributed by atoms with van der Waals surface area (Å²) in [5.41, 5.74) is -2.68. The number of amides is 1. The summed E-state index contributed by atoms with van der Waals surface area (Å²) >= 11 is 5.80. The number of alkyl halides is 3. The van der Waals surface area contributed by atoms with Gasteiger partial charge in [0, 0.05) is 28.6 Å². The van der Waals surface area contributed by atoms with Gasteiger partial charge in [-0.1, -0.05) is 36.9 Å². The quantitative estimate of drug-likeness (QED) is 0.387. The monoisotopic (exact) mass is 531 g/mol. The molecule has 1 aromatic carbocycles. The Balaban J connectivity index is 1.92. The first-order chi connectivity index (χ1) is 17.0. The first-order valence-corrected chi connectivity index (χ1v) is 12.1. The van der Waals surface area contributed by atoms with Crippen LogP contribution in [0.3, 0.4) is 0 Å². The maximum absolute atomic E-state index is 14.5. The van der Waals surface area contributed by atoms with Crippen LogP contribution in [0.25, 0.3) is 0 Å². The topological polar surface area (TPSA) is 84.7 Å². The van der Waals surface area contributed by atoms with Gasteiger partial charge in [0.05, 0.1) is 30.8 Å². The summed E-state index contributed by atoms with van der Waals surface area (Å²) in [6.45, 7) is 0.617. The zero-order chi connectivity index (χ0) is 26.3. The Morgan fingerprint density at radius 2 is 1.94 bits per heavy atom. The standard InChI is InChI=1S/C24H26ClF4N3O4/c1-2-36-21(33)23(8-4-3-5-9-23)16-12-31(22(34)35)13-18-19(16)20(24(27,28)29)30-32(18)11-14-6-7-15(25)10-17(14)26/h6-7,10,16H,2-5,8-9,11-13H2,1H3,(H,34,35). The van der Waals surface area contributed by atoms with Crippen LogP contribution in [0.1, 0.15) is 67.5 Å². The number of carbonyl (C=O) groups is 2. The number of benzene rings is 1. The Morgan fingerprint density at radius 1 is 1.25 bits per heavy atom. The molecule has 1 aromatic heterocycles. The minimum atomic E-state index is -4.87. The highest BCUT2D eigenvalue weighted by molar-refractivity contribution is 6.30. The van der Waals surface area contributed by atoms with Gasteiger partial charge in [-0.25, -0.2) is 9.18 Å². The van der Waals surface area contributed by atoms with Crippen molar-refractivity contribution in [1.29, 1.82) is 0 Å². The third-order valence-electron chi connectivity index (χ3n) is 7.16. The van der Waals surface area contributed by atoms with Gasteiger partial charge in [0.15, 0.2) is 5.69 Å². The minimum Gasteiger partial charge on any atom is -0.466 e. The highest BCUT2D eigenvalue weighted by atomic mass is 35.5. The molecule has 1 aliphatic carbocycles. The molecule has 4 rings (SSSR count). The molecule has 36 heavy (non-hydrogen) atoms. The van der Waals surface area contributed by atoms with Crippen LogP contribution in [-0.4, -0.2) is 45.0 Å². The number of esters is 1. The molecule has 12 heteroatoms. The summed E-state index contributed by atoms with van der Waals surface area (Å²) in [4.78, 5) is 26.3. The summed E-state index contributed by atoms with van der Waals surface area (Å²) in [7, 11) is 0. The summed E-state index contributed by atoms with van der Waals surface area (Å²) in [5.74, 6) is -2.47. The maximum Gasteiger partial charge on any atom is 0.435 e. The predicted octanol–water partition coefficient (Wildman–Crippen LogP) is 5.83. The second kappa shape index (κ2) is 9.91. The molecule has 2 aliphatic rings. The largest absolute Gasteiger partial charge is 0.466 e. The zero-order valence-electron chi connectivity index (χ0n) is 19.6. The molecule has 1 amide bonds.